The average Bonchev–Trinajstić information content (AvgIpc) is 3.12. The summed E-state index contributed by atoms with van der Waals surface area (Å²) in [6.07, 6.45) is 42.5. The molecule has 0 radical (unpaired) electrons. The summed E-state index contributed by atoms with van der Waals surface area (Å²) in [7, 11) is 1.27. The van der Waals surface area contributed by atoms with Gasteiger partial charge in [-0.2, -0.15) is 0 Å². The molecule has 0 bridgehead atoms. The van der Waals surface area contributed by atoms with E-state index >= 15 is 0 Å². The van der Waals surface area contributed by atoms with Gasteiger partial charge in [0.15, 0.2) is 0 Å². The zero-order chi connectivity index (χ0) is 40.0. The second-order valence-electron chi connectivity index (χ2n) is 17.1. The molecule has 0 aromatic rings. The van der Waals surface area contributed by atoms with Crippen LogP contribution in [0.15, 0.2) is 12.2 Å². The number of phosphoric acid groups is 1. The molecule has 0 fully saturated rings. The Hall–Kier alpha value is -0.760. The van der Waals surface area contributed by atoms with Crippen molar-refractivity contribution in [2.75, 3.05) is 40.9 Å². The first-order valence-electron chi connectivity index (χ1n) is 23.1. The smallest absolute Gasteiger partial charge is 0.268 e. The molecule has 0 aromatic carbocycles. The lowest BCUT2D eigenvalue weighted by Crippen LogP contribution is -2.45. The van der Waals surface area contributed by atoms with Crippen LogP contribution < -0.4 is 10.2 Å². The second-order valence-corrected chi connectivity index (χ2v) is 18.5. The van der Waals surface area contributed by atoms with Crippen molar-refractivity contribution < 1.29 is 32.9 Å². The molecule has 9 heteroatoms. The highest BCUT2D eigenvalue weighted by Crippen LogP contribution is 2.38. The van der Waals surface area contributed by atoms with Crippen LogP contribution in [0.1, 0.15) is 219 Å². The molecule has 0 aliphatic carbocycles. The third kappa shape index (κ3) is 39.5. The van der Waals surface area contributed by atoms with E-state index in [2.05, 4.69) is 19.2 Å². The summed E-state index contributed by atoms with van der Waals surface area (Å²) in [5.74, 6) is -0.194. The van der Waals surface area contributed by atoms with Gasteiger partial charge in [-0.05, 0) is 19.3 Å². The Morgan fingerprint density at radius 2 is 1.00 bits per heavy atom. The fraction of sp³-hybridized carbons (Fsp3) is 0.933. The molecule has 322 valence electrons. The number of aliphatic hydroxyl groups is 1. The van der Waals surface area contributed by atoms with Crippen LogP contribution in [0.3, 0.4) is 0 Å². The average molecular weight is 787 g/mol. The van der Waals surface area contributed by atoms with Gasteiger partial charge >= 0.3 is 0 Å². The Morgan fingerprint density at radius 1 is 0.630 bits per heavy atom. The molecule has 0 saturated carbocycles. The third-order valence-corrected chi connectivity index (χ3v) is 11.5. The highest BCUT2D eigenvalue weighted by atomic mass is 31.2. The summed E-state index contributed by atoms with van der Waals surface area (Å²) in [4.78, 5) is 25.3. The van der Waals surface area contributed by atoms with Crippen LogP contribution in [-0.4, -0.2) is 68.5 Å². The number of nitrogens with zero attached hydrogens (tertiary/aromatic N) is 1. The van der Waals surface area contributed by atoms with E-state index in [1.165, 1.54) is 161 Å². The third-order valence-electron chi connectivity index (χ3n) is 10.5. The van der Waals surface area contributed by atoms with Crippen molar-refractivity contribution in [2.24, 2.45) is 0 Å². The van der Waals surface area contributed by atoms with E-state index in [0.29, 0.717) is 17.4 Å². The van der Waals surface area contributed by atoms with Crippen LogP contribution in [0.25, 0.3) is 0 Å². The molecular weight excluding hydrogens is 695 g/mol. The van der Waals surface area contributed by atoms with Gasteiger partial charge in [0.05, 0.1) is 39.9 Å². The van der Waals surface area contributed by atoms with Crippen LogP contribution in [0, 0.1) is 0 Å². The molecule has 1 unspecified atom stereocenters. The Morgan fingerprint density at radius 3 is 1.39 bits per heavy atom. The minimum absolute atomic E-state index is 0.00210. The summed E-state index contributed by atoms with van der Waals surface area (Å²) >= 11 is 0. The van der Waals surface area contributed by atoms with Crippen molar-refractivity contribution in [2.45, 2.75) is 231 Å². The molecule has 0 saturated heterocycles. The van der Waals surface area contributed by atoms with E-state index in [1.807, 2.05) is 27.2 Å². The highest BCUT2D eigenvalue weighted by Gasteiger charge is 2.23. The van der Waals surface area contributed by atoms with Crippen molar-refractivity contribution >= 4 is 13.7 Å². The van der Waals surface area contributed by atoms with Crippen molar-refractivity contribution in [3.63, 3.8) is 0 Å². The SMILES string of the molecule is CCCCCCCCCCCCCC=C[C@@H](O)[C@H](COP(=O)([O-])OCC[N+](C)(C)C)NC(=O)CCCCCCCCCCCCCCCCCCCCC. The molecule has 0 heterocycles. The Balaban J connectivity index is 4.32. The number of carbonyl (C=O) groups excluding carboxylic acids is 1. The van der Waals surface area contributed by atoms with Crippen LogP contribution in [0.4, 0.5) is 0 Å². The van der Waals surface area contributed by atoms with Crippen molar-refractivity contribution in [1.82, 2.24) is 5.32 Å². The predicted octanol–water partition coefficient (Wildman–Crippen LogP) is 12.1. The van der Waals surface area contributed by atoms with Gasteiger partial charge in [0, 0.05) is 6.42 Å². The first kappa shape index (κ1) is 53.2. The normalized spacial score (nSPS) is 14.4. The fourth-order valence-corrected chi connectivity index (χ4v) is 7.52. The lowest BCUT2D eigenvalue weighted by Gasteiger charge is -2.29. The van der Waals surface area contributed by atoms with Crippen LogP contribution >= 0.6 is 7.82 Å². The molecule has 0 aliphatic heterocycles. The van der Waals surface area contributed by atoms with Gasteiger partial charge < -0.3 is 28.8 Å². The van der Waals surface area contributed by atoms with Crippen LogP contribution in [0.2, 0.25) is 0 Å². The zero-order valence-corrected chi connectivity index (χ0v) is 37.3. The minimum Gasteiger partial charge on any atom is -0.756 e. The standard InChI is InChI=1S/C45H91N2O6P/c1-6-8-10-12-14-16-18-20-21-22-23-24-25-27-29-31-33-35-37-39-45(49)46-43(42-53-54(50,51)52-41-40-47(3,4)5)44(48)38-36-34-32-30-28-26-19-17-15-13-11-9-7-2/h36,38,43-44,48H,6-35,37,39-42H2,1-5H3,(H-,46,49,50,51)/t43-,44+/m0/s1. The first-order valence-corrected chi connectivity index (χ1v) is 24.5. The van der Waals surface area contributed by atoms with Crippen LogP contribution in [-0.2, 0) is 18.4 Å². The number of aliphatic hydroxyl groups excluding tert-OH is 1. The Bertz CT molecular complexity index is 896. The lowest BCUT2D eigenvalue weighted by atomic mass is 10.0. The maximum absolute atomic E-state index is 12.9. The van der Waals surface area contributed by atoms with Gasteiger partial charge in [0.25, 0.3) is 7.82 Å². The van der Waals surface area contributed by atoms with Crippen molar-refractivity contribution in [3.8, 4) is 0 Å². The number of carbonyl (C=O) groups is 1. The van der Waals surface area contributed by atoms with E-state index in [0.717, 1.165) is 38.5 Å². The van der Waals surface area contributed by atoms with Crippen molar-refractivity contribution in [3.05, 3.63) is 12.2 Å². The number of nitrogens with one attached hydrogen (secondary N) is 1. The number of hydrogen-bond donors (Lipinski definition) is 2. The number of quaternary nitrogens is 1. The first-order chi connectivity index (χ1) is 26.0. The van der Waals surface area contributed by atoms with E-state index in [1.54, 1.807) is 6.08 Å². The quantitative estimate of drug-likeness (QED) is 0.0276. The summed E-state index contributed by atoms with van der Waals surface area (Å²) in [6.45, 7) is 4.66. The molecule has 1 amide bonds. The number of unbranched alkanes of at least 4 members (excludes halogenated alkanes) is 29. The number of rotatable bonds is 42. The Kier molecular flexibility index (Phi) is 37.3. The van der Waals surface area contributed by atoms with Gasteiger partial charge in [-0.15, -0.1) is 0 Å². The highest BCUT2D eigenvalue weighted by molar-refractivity contribution is 7.45. The summed E-state index contributed by atoms with van der Waals surface area (Å²) in [6, 6.07) is -0.879. The molecule has 3 atom stereocenters. The van der Waals surface area contributed by atoms with Gasteiger partial charge in [0.2, 0.25) is 5.91 Å². The topological polar surface area (TPSA) is 108 Å². The molecular formula is C45H91N2O6P. The molecule has 2 N–H and O–H groups in total. The second kappa shape index (κ2) is 37.8. The number of phosphoric ester groups is 1. The van der Waals surface area contributed by atoms with E-state index in [9.17, 15) is 19.4 Å². The molecule has 0 rings (SSSR count). The van der Waals surface area contributed by atoms with Gasteiger partial charge in [-0.1, -0.05) is 206 Å². The number of likely N-dealkylation sites (N-methyl/N-ethyl adjacent to an activating group) is 1. The number of allylic oxidation sites excluding steroid dienone is 1. The van der Waals surface area contributed by atoms with E-state index in [-0.39, 0.29) is 19.1 Å². The predicted molar refractivity (Wildman–Crippen MR) is 229 cm³/mol. The molecule has 0 spiro atoms. The van der Waals surface area contributed by atoms with Crippen LogP contribution in [0.5, 0.6) is 0 Å². The summed E-state index contributed by atoms with van der Waals surface area (Å²) in [5.41, 5.74) is 0. The molecule has 0 aliphatic rings. The molecule has 0 aromatic heterocycles. The van der Waals surface area contributed by atoms with Gasteiger partial charge in [-0.25, -0.2) is 0 Å². The summed E-state index contributed by atoms with van der Waals surface area (Å²) in [5, 5.41) is 13.8. The van der Waals surface area contributed by atoms with Crippen molar-refractivity contribution in [1.29, 1.82) is 0 Å². The maximum atomic E-state index is 12.9. The van der Waals surface area contributed by atoms with E-state index in [4.69, 9.17) is 9.05 Å². The number of hydrogen-bond acceptors (Lipinski definition) is 6. The van der Waals surface area contributed by atoms with Gasteiger partial charge in [0.1, 0.15) is 13.2 Å². The lowest BCUT2D eigenvalue weighted by molar-refractivity contribution is -0.870. The molecule has 54 heavy (non-hydrogen) atoms. The molecule has 8 nitrogen and oxygen atoms in total. The summed E-state index contributed by atoms with van der Waals surface area (Å²) < 4.78 is 23.2. The zero-order valence-electron chi connectivity index (χ0n) is 36.4. The van der Waals surface area contributed by atoms with E-state index < -0.39 is 20.0 Å². The largest absolute Gasteiger partial charge is 0.756 e. The van der Waals surface area contributed by atoms with Gasteiger partial charge in [-0.3, -0.25) is 9.36 Å². The minimum atomic E-state index is -4.58. The maximum Gasteiger partial charge on any atom is 0.268 e. The monoisotopic (exact) mass is 787 g/mol. The number of amides is 1. The Labute approximate surface area is 335 Å². The fourth-order valence-electron chi connectivity index (χ4n) is 6.80.